The average molecular weight is 302 g/mol. The lowest BCUT2D eigenvalue weighted by Gasteiger charge is -2.34. The van der Waals surface area contributed by atoms with Crippen molar-refractivity contribution in [3.05, 3.63) is 16.6 Å². The topological polar surface area (TPSA) is 67.3 Å². The fourth-order valence-corrected chi connectivity index (χ4v) is 3.63. The van der Waals surface area contributed by atoms with Gasteiger partial charge in [0.1, 0.15) is 14.8 Å². The fraction of sp³-hybridized carbons (Fsp3) is 0.667. The Hall–Kier alpha value is -0.950. The van der Waals surface area contributed by atoms with Gasteiger partial charge in [-0.25, -0.2) is 13.4 Å². The van der Waals surface area contributed by atoms with Gasteiger partial charge in [-0.2, -0.15) is 0 Å². The number of carbonyl (C=O) groups is 1. The molecule has 1 unspecified atom stereocenters. The second kappa shape index (κ2) is 6.00. The van der Waals surface area contributed by atoms with Crippen LogP contribution in [0.1, 0.15) is 36.7 Å². The third kappa shape index (κ3) is 4.01. The van der Waals surface area contributed by atoms with Crippen LogP contribution >= 0.6 is 11.3 Å². The molecule has 1 amide bonds. The molecular formula is C12H18N2O3S2. The molecule has 5 nitrogen and oxygen atoms in total. The van der Waals surface area contributed by atoms with E-state index in [0.717, 1.165) is 30.5 Å². The standard InChI is InChI=1S/C12H18N2O3S2/c1-19(16,17)9-5-11(15)14-7-3-2-4-10(14)12-13-6-8-18-12/h6,8,10H,2-5,7,9H2,1H3. The van der Waals surface area contributed by atoms with Crippen molar-refractivity contribution >= 4 is 27.1 Å². The van der Waals surface area contributed by atoms with Crippen LogP contribution in [-0.4, -0.2) is 42.8 Å². The number of amides is 1. The van der Waals surface area contributed by atoms with Crippen LogP contribution in [0.2, 0.25) is 0 Å². The summed E-state index contributed by atoms with van der Waals surface area (Å²) in [5, 5.41) is 2.86. The first-order chi connectivity index (χ1) is 8.97. The number of hydrogen-bond acceptors (Lipinski definition) is 5. The number of carbonyl (C=O) groups excluding carboxylic acids is 1. The van der Waals surface area contributed by atoms with E-state index in [2.05, 4.69) is 4.98 Å². The summed E-state index contributed by atoms with van der Waals surface area (Å²) in [7, 11) is -3.09. The highest BCUT2D eigenvalue weighted by atomic mass is 32.2. The molecule has 1 aliphatic heterocycles. The zero-order valence-electron chi connectivity index (χ0n) is 10.9. The quantitative estimate of drug-likeness (QED) is 0.848. The highest BCUT2D eigenvalue weighted by Crippen LogP contribution is 2.32. The Labute approximate surface area is 117 Å². The van der Waals surface area contributed by atoms with E-state index < -0.39 is 9.84 Å². The molecule has 0 radical (unpaired) electrons. The van der Waals surface area contributed by atoms with E-state index in [1.165, 1.54) is 0 Å². The smallest absolute Gasteiger partial charge is 0.224 e. The molecule has 2 rings (SSSR count). The summed E-state index contributed by atoms with van der Waals surface area (Å²) in [5.74, 6) is -0.155. The van der Waals surface area contributed by atoms with Crippen LogP contribution in [0.15, 0.2) is 11.6 Å². The van der Waals surface area contributed by atoms with Gasteiger partial charge in [0, 0.05) is 30.8 Å². The fourth-order valence-electron chi connectivity index (χ4n) is 2.30. The maximum atomic E-state index is 12.2. The van der Waals surface area contributed by atoms with Gasteiger partial charge in [-0.3, -0.25) is 4.79 Å². The minimum Gasteiger partial charge on any atom is -0.333 e. The number of thiazole rings is 1. The van der Waals surface area contributed by atoms with Gasteiger partial charge in [-0.1, -0.05) is 0 Å². The van der Waals surface area contributed by atoms with Crippen LogP contribution in [0.5, 0.6) is 0 Å². The maximum absolute atomic E-state index is 12.2. The molecule has 1 aromatic heterocycles. The van der Waals surface area contributed by atoms with Crippen molar-refractivity contribution in [3.63, 3.8) is 0 Å². The zero-order chi connectivity index (χ0) is 13.9. The van der Waals surface area contributed by atoms with E-state index in [9.17, 15) is 13.2 Å². The van der Waals surface area contributed by atoms with Gasteiger partial charge in [0.25, 0.3) is 0 Å². The molecule has 1 aliphatic rings. The molecule has 1 aromatic rings. The second-order valence-corrected chi connectivity index (χ2v) is 8.03. The van der Waals surface area contributed by atoms with Gasteiger partial charge < -0.3 is 4.90 Å². The summed E-state index contributed by atoms with van der Waals surface area (Å²) in [6, 6.07) is 0.0285. The summed E-state index contributed by atoms with van der Waals surface area (Å²) in [5.41, 5.74) is 0. The number of hydrogen-bond donors (Lipinski definition) is 0. The third-order valence-electron chi connectivity index (χ3n) is 3.25. The Morgan fingerprint density at radius 3 is 2.95 bits per heavy atom. The Kier molecular flexibility index (Phi) is 4.57. The first kappa shape index (κ1) is 14.5. The Balaban J connectivity index is 2.05. The molecule has 0 bridgehead atoms. The minimum atomic E-state index is -3.09. The number of nitrogens with zero attached hydrogens (tertiary/aromatic N) is 2. The summed E-state index contributed by atoms with van der Waals surface area (Å²) >= 11 is 1.55. The van der Waals surface area contributed by atoms with Crippen molar-refractivity contribution in [3.8, 4) is 0 Å². The summed E-state index contributed by atoms with van der Waals surface area (Å²) in [4.78, 5) is 18.3. The Morgan fingerprint density at radius 1 is 1.53 bits per heavy atom. The van der Waals surface area contributed by atoms with Gasteiger partial charge >= 0.3 is 0 Å². The molecule has 1 atom stereocenters. The van der Waals surface area contributed by atoms with Crippen molar-refractivity contribution < 1.29 is 13.2 Å². The number of sulfone groups is 1. The van der Waals surface area contributed by atoms with Crippen molar-refractivity contribution in [2.75, 3.05) is 18.6 Å². The normalized spacial score (nSPS) is 20.5. The van der Waals surface area contributed by atoms with E-state index in [1.54, 1.807) is 22.4 Å². The number of piperidine rings is 1. The molecule has 0 saturated carbocycles. The van der Waals surface area contributed by atoms with Crippen LogP contribution in [-0.2, 0) is 14.6 Å². The molecule has 0 aromatic carbocycles. The highest BCUT2D eigenvalue weighted by molar-refractivity contribution is 7.90. The van der Waals surface area contributed by atoms with Gasteiger partial charge in [-0.15, -0.1) is 11.3 Å². The van der Waals surface area contributed by atoms with Crippen molar-refractivity contribution in [2.24, 2.45) is 0 Å². The molecular weight excluding hydrogens is 284 g/mol. The second-order valence-electron chi connectivity index (χ2n) is 4.85. The van der Waals surface area contributed by atoms with Crippen LogP contribution in [0.25, 0.3) is 0 Å². The van der Waals surface area contributed by atoms with Crippen LogP contribution in [0.3, 0.4) is 0 Å². The van der Waals surface area contributed by atoms with Gasteiger partial charge in [0.15, 0.2) is 0 Å². The lowest BCUT2D eigenvalue weighted by Crippen LogP contribution is -2.39. The molecule has 7 heteroatoms. The number of likely N-dealkylation sites (tertiary alicyclic amines) is 1. The van der Waals surface area contributed by atoms with Crippen molar-refractivity contribution in [1.82, 2.24) is 9.88 Å². The molecule has 1 saturated heterocycles. The van der Waals surface area contributed by atoms with Crippen molar-refractivity contribution in [1.29, 1.82) is 0 Å². The van der Waals surface area contributed by atoms with E-state index >= 15 is 0 Å². The SMILES string of the molecule is CS(=O)(=O)CCC(=O)N1CCCCC1c1nccs1. The number of rotatable bonds is 4. The number of aromatic nitrogens is 1. The summed E-state index contributed by atoms with van der Waals surface area (Å²) in [6.45, 7) is 0.701. The first-order valence-corrected chi connectivity index (χ1v) is 9.28. The van der Waals surface area contributed by atoms with Gasteiger partial charge in [0.05, 0.1) is 11.8 Å². The molecule has 1 fully saturated rings. The highest BCUT2D eigenvalue weighted by Gasteiger charge is 2.29. The largest absolute Gasteiger partial charge is 0.333 e. The van der Waals surface area contributed by atoms with E-state index in [-0.39, 0.29) is 24.1 Å². The molecule has 0 N–H and O–H groups in total. The maximum Gasteiger partial charge on any atom is 0.224 e. The van der Waals surface area contributed by atoms with E-state index in [0.29, 0.717) is 6.54 Å². The predicted octanol–water partition coefficient (Wildman–Crippen LogP) is 1.63. The van der Waals surface area contributed by atoms with Gasteiger partial charge in [-0.05, 0) is 19.3 Å². The van der Waals surface area contributed by atoms with Crippen molar-refractivity contribution in [2.45, 2.75) is 31.7 Å². The van der Waals surface area contributed by atoms with Crippen LogP contribution < -0.4 is 0 Å². The lowest BCUT2D eigenvalue weighted by molar-refractivity contribution is -0.134. The monoisotopic (exact) mass is 302 g/mol. The summed E-state index contributed by atoms with van der Waals surface area (Å²) < 4.78 is 22.3. The van der Waals surface area contributed by atoms with E-state index in [1.807, 2.05) is 5.38 Å². The molecule has 0 spiro atoms. The van der Waals surface area contributed by atoms with E-state index in [4.69, 9.17) is 0 Å². The summed E-state index contributed by atoms with van der Waals surface area (Å²) in [6.07, 6.45) is 5.95. The third-order valence-corrected chi connectivity index (χ3v) is 5.07. The first-order valence-electron chi connectivity index (χ1n) is 6.34. The molecule has 2 heterocycles. The average Bonchev–Trinajstić information content (AvgIpc) is 2.89. The molecule has 19 heavy (non-hydrogen) atoms. The predicted molar refractivity (Wildman–Crippen MR) is 74.7 cm³/mol. The Bertz CT molecular complexity index is 525. The zero-order valence-corrected chi connectivity index (χ0v) is 12.5. The molecule has 106 valence electrons. The Morgan fingerprint density at radius 2 is 2.32 bits per heavy atom. The van der Waals surface area contributed by atoms with Gasteiger partial charge in [0.2, 0.25) is 5.91 Å². The molecule has 0 aliphatic carbocycles. The minimum absolute atomic E-state index is 0.0285. The lowest BCUT2D eigenvalue weighted by atomic mass is 10.0. The van der Waals surface area contributed by atoms with Crippen LogP contribution in [0.4, 0.5) is 0 Å². The van der Waals surface area contributed by atoms with Crippen LogP contribution in [0, 0.1) is 0 Å².